The number of para-hydroxylation sites is 1. The van der Waals surface area contributed by atoms with Crippen LogP contribution >= 0.6 is 12.4 Å². The molecule has 0 radical (unpaired) electrons. The molecule has 1 heterocycles. The van der Waals surface area contributed by atoms with E-state index in [1.165, 1.54) is 12.1 Å². The van der Waals surface area contributed by atoms with Gasteiger partial charge in [0.05, 0.1) is 11.5 Å². The molecule has 2 aromatic rings. The van der Waals surface area contributed by atoms with Crippen molar-refractivity contribution in [3.8, 4) is 17.6 Å². The minimum Gasteiger partial charge on any atom is -0.453 e. The Morgan fingerprint density at radius 2 is 2.03 bits per heavy atom. The van der Waals surface area contributed by atoms with Gasteiger partial charge in [-0.05, 0) is 30.7 Å². The molecule has 4 rings (SSSR count). The number of benzene rings is 2. The predicted octanol–water partition coefficient (Wildman–Crippen LogP) is 3.42. The van der Waals surface area contributed by atoms with E-state index in [4.69, 9.17) is 10.00 Å². The minimum atomic E-state index is -0.650. The molecule has 2 aromatic carbocycles. The van der Waals surface area contributed by atoms with Crippen molar-refractivity contribution < 1.29 is 18.7 Å². The summed E-state index contributed by atoms with van der Waals surface area (Å²) in [6.07, 6.45) is 1.04. The van der Waals surface area contributed by atoms with E-state index in [0.717, 1.165) is 0 Å². The molecular formula is C21H19ClFN3O3. The predicted molar refractivity (Wildman–Crippen MR) is 107 cm³/mol. The number of carbonyl (C=O) groups is 2. The number of halogens is 2. The number of ether oxygens (including phenoxy) is 1. The number of nitriles is 1. The molecule has 3 atom stereocenters. The Morgan fingerprint density at radius 3 is 2.79 bits per heavy atom. The molecule has 2 N–H and O–H groups in total. The summed E-state index contributed by atoms with van der Waals surface area (Å²) in [5.74, 6) is -0.835. The van der Waals surface area contributed by atoms with Crippen LogP contribution < -0.4 is 15.4 Å². The third kappa shape index (κ3) is 4.09. The third-order valence-corrected chi connectivity index (χ3v) is 5.30. The van der Waals surface area contributed by atoms with Gasteiger partial charge in [0.1, 0.15) is 17.6 Å². The zero-order valence-electron chi connectivity index (χ0n) is 15.4. The lowest BCUT2D eigenvalue weighted by molar-refractivity contribution is -0.137. The van der Waals surface area contributed by atoms with E-state index in [2.05, 4.69) is 10.6 Å². The number of ketones is 1. The molecule has 0 bridgehead atoms. The second-order valence-corrected chi connectivity index (χ2v) is 6.99. The summed E-state index contributed by atoms with van der Waals surface area (Å²) >= 11 is 0. The Labute approximate surface area is 173 Å². The van der Waals surface area contributed by atoms with Gasteiger partial charge in [0, 0.05) is 36.7 Å². The SMILES string of the molecule is Cl.N#Cc1ccccc1Oc1ccc(NC(=O)[C@@H]2C[C@H]3C(=O)CCN[C@H]32)cc1F. The molecule has 1 saturated heterocycles. The van der Waals surface area contributed by atoms with Crippen LogP contribution in [0.4, 0.5) is 10.1 Å². The smallest absolute Gasteiger partial charge is 0.229 e. The monoisotopic (exact) mass is 415 g/mol. The quantitative estimate of drug-likeness (QED) is 0.798. The molecule has 0 unspecified atom stereocenters. The number of hydrogen-bond acceptors (Lipinski definition) is 5. The van der Waals surface area contributed by atoms with Gasteiger partial charge in [0.2, 0.25) is 5.91 Å². The van der Waals surface area contributed by atoms with E-state index in [0.29, 0.717) is 30.6 Å². The van der Waals surface area contributed by atoms with E-state index < -0.39 is 5.82 Å². The molecule has 1 amide bonds. The Kier molecular flexibility index (Phi) is 6.16. The van der Waals surface area contributed by atoms with Crippen molar-refractivity contribution in [3.63, 3.8) is 0 Å². The van der Waals surface area contributed by atoms with Crippen molar-refractivity contribution in [2.75, 3.05) is 11.9 Å². The van der Waals surface area contributed by atoms with Crippen LogP contribution in [-0.2, 0) is 9.59 Å². The molecule has 0 spiro atoms. The fourth-order valence-corrected chi connectivity index (χ4v) is 3.75. The number of rotatable bonds is 4. The molecule has 2 fully saturated rings. The molecule has 29 heavy (non-hydrogen) atoms. The van der Waals surface area contributed by atoms with Gasteiger partial charge in [0.25, 0.3) is 0 Å². The van der Waals surface area contributed by atoms with Crippen LogP contribution in [0.1, 0.15) is 18.4 Å². The Hall–Kier alpha value is -2.95. The summed E-state index contributed by atoms with van der Waals surface area (Å²) in [5, 5.41) is 15.0. The Balaban J connectivity index is 0.00000240. The zero-order valence-corrected chi connectivity index (χ0v) is 16.2. The number of carbonyl (C=O) groups excluding carboxylic acids is 2. The van der Waals surface area contributed by atoms with Gasteiger partial charge in [-0.3, -0.25) is 9.59 Å². The summed E-state index contributed by atoms with van der Waals surface area (Å²) in [7, 11) is 0. The first kappa shape index (κ1) is 20.8. The van der Waals surface area contributed by atoms with Gasteiger partial charge in [0.15, 0.2) is 11.6 Å². The van der Waals surface area contributed by atoms with E-state index >= 15 is 0 Å². The maximum absolute atomic E-state index is 14.4. The van der Waals surface area contributed by atoms with Crippen LogP contribution in [0, 0.1) is 29.0 Å². The van der Waals surface area contributed by atoms with Gasteiger partial charge >= 0.3 is 0 Å². The van der Waals surface area contributed by atoms with E-state index in [-0.39, 0.29) is 53.5 Å². The van der Waals surface area contributed by atoms with Crippen molar-refractivity contribution in [3.05, 3.63) is 53.8 Å². The standard InChI is InChI=1S/C21H18FN3O3.ClH/c22-16-9-13(5-6-19(16)28-18-4-2-1-3-12(18)11-23)25-21(27)15-10-14-17(26)7-8-24-20(14)15;/h1-6,9,14-15,20,24H,7-8,10H2,(H,25,27);1H/t14-,15+,20+;/m0./s1. The summed E-state index contributed by atoms with van der Waals surface area (Å²) < 4.78 is 19.9. The van der Waals surface area contributed by atoms with Crippen molar-refractivity contribution in [1.82, 2.24) is 5.32 Å². The fourth-order valence-electron chi connectivity index (χ4n) is 3.75. The molecule has 150 valence electrons. The lowest BCUT2D eigenvalue weighted by atomic mass is 9.65. The Bertz CT molecular complexity index is 991. The maximum Gasteiger partial charge on any atom is 0.229 e. The molecule has 1 saturated carbocycles. The molecule has 0 aromatic heterocycles. The van der Waals surface area contributed by atoms with Crippen LogP contribution in [-0.4, -0.2) is 24.3 Å². The molecule has 8 heteroatoms. The molecular weight excluding hydrogens is 397 g/mol. The lowest BCUT2D eigenvalue weighted by Crippen LogP contribution is -2.61. The Morgan fingerprint density at radius 1 is 1.24 bits per heavy atom. The van der Waals surface area contributed by atoms with Crippen molar-refractivity contribution in [2.45, 2.75) is 18.9 Å². The van der Waals surface area contributed by atoms with Crippen molar-refractivity contribution in [1.29, 1.82) is 5.26 Å². The van der Waals surface area contributed by atoms with Gasteiger partial charge < -0.3 is 15.4 Å². The zero-order chi connectivity index (χ0) is 19.7. The summed E-state index contributed by atoms with van der Waals surface area (Å²) in [6, 6.07) is 12.5. The number of fused-ring (bicyclic) bond motifs is 1. The second kappa shape index (κ2) is 8.60. The highest BCUT2D eigenvalue weighted by atomic mass is 35.5. The minimum absolute atomic E-state index is 0. The molecule has 2 aliphatic rings. The fraction of sp³-hybridized carbons (Fsp3) is 0.286. The van der Waals surface area contributed by atoms with Gasteiger partial charge in [-0.15, -0.1) is 12.4 Å². The first-order valence-corrected chi connectivity index (χ1v) is 9.10. The highest BCUT2D eigenvalue weighted by Gasteiger charge is 2.49. The van der Waals surface area contributed by atoms with Crippen LogP contribution in [0.15, 0.2) is 42.5 Å². The first-order valence-electron chi connectivity index (χ1n) is 9.10. The second-order valence-electron chi connectivity index (χ2n) is 6.99. The lowest BCUT2D eigenvalue weighted by Gasteiger charge is -2.46. The highest BCUT2D eigenvalue weighted by Crippen LogP contribution is 2.38. The van der Waals surface area contributed by atoms with Crippen molar-refractivity contribution in [2.24, 2.45) is 11.8 Å². The van der Waals surface area contributed by atoms with Crippen LogP contribution in [0.25, 0.3) is 0 Å². The van der Waals surface area contributed by atoms with Gasteiger partial charge in [-0.1, -0.05) is 12.1 Å². The first-order chi connectivity index (χ1) is 13.6. The number of anilines is 1. The number of amides is 1. The summed E-state index contributed by atoms with van der Waals surface area (Å²) in [5.41, 5.74) is 0.613. The third-order valence-electron chi connectivity index (χ3n) is 5.30. The number of piperidine rings is 1. The van der Waals surface area contributed by atoms with Crippen LogP contribution in [0.2, 0.25) is 0 Å². The summed E-state index contributed by atoms with van der Waals surface area (Å²) in [4.78, 5) is 24.3. The van der Waals surface area contributed by atoms with Gasteiger partial charge in [-0.25, -0.2) is 4.39 Å². The average molecular weight is 416 g/mol. The van der Waals surface area contributed by atoms with E-state index in [9.17, 15) is 14.0 Å². The van der Waals surface area contributed by atoms with Gasteiger partial charge in [-0.2, -0.15) is 5.26 Å². The molecule has 6 nitrogen and oxygen atoms in total. The van der Waals surface area contributed by atoms with E-state index in [1.54, 1.807) is 30.3 Å². The summed E-state index contributed by atoms with van der Waals surface area (Å²) in [6.45, 7) is 0.592. The topological polar surface area (TPSA) is 91.2 Å². The maximum atomic E-state index is 14.4. The number of nitrogens with one attached hydrogen (secondary N) is 2. The van der Waals surface area contributed by atoms with Crippen LogP contribution in [0.3, 0.4) is 0 Å². The number of nitrogens with zero attached hydrogens (tertiary/aromatic N) is 1. The number of Topliss-reactive ketones (excluding diaryl/α,β-unsaturated/α-hetero) is 1. The number of hydrogen-bond donors (Lipinski definition) is 2. The molecule has 1 aliphatic heterocycles. The normalized spacial score (nSPS) is 22.3. The van der Waals surface area contributed by atoms with E-state index in [1.807, 2.05) is 6.07 Å². The average Bonchev–Trinajstić information content (AvgIpc) is 2.66. The molecule has 1 aliphatic carbocycles. The largest absolute Gasteiger partial charge is 0.453 e. The highest BCUT2D eigenvalue weighted by molar-refractivity contribution is 5.96. The van der Waals surface area contributed by atoms with Crippen LogP contribution in [0.5, 0.6) is 11.5 Å². The van der Waals surface area contributed by atoms with Crippen molar-refractivity contribution >= 4 is 29.8 Å².